The average Bonchev–Trinajstić information content (AvgIpc) is 2.37. The van der Waals surface area contributed by atoms with E-state index in [9.17, 15) is 9.59 Å². The van der Waals surface area contributed by atoms with Crippen molar-refractivity contribution >= 4 is 23.6 Å². The number of urea groups is 1. The highest BCUT2D eigenvalue weighted by Gasteiger charge is 2.27. The smallest absolute Gasteiger partial charge is 0.347 e. The van der Waals surface area contributed by atoms with Crippen molar-refractivity contribution in [1.82, 2.24) is 10.8 Å². The molecule has 3 N–H and O–H groups in total. The van der Waals surface area contributed by atoms with Crippen molar-refractivity contribution in [2.24, 2.45) is 5.41 Å². The number of rotatable bonds is 5. The van der Waals surface area contributed by atoms with E-state index in [1.54, 1.807) is 25.1 Å². The molecule has 110 valence electrons. The number of hydroxylamine groups is 1. The molecule has 6 nitrogen and oxygen atoms in total. The van der Waals surface area contributed by atoms with Crippen LogP contribution in [0.15, 0.2) is 18.2 Å². The summed E-state index contributed by atoms with van der Waals surface area (Å²) in [6.07, 6.45) is 0. The van der Waals surface area contributed by atoms with Gasteiger partial charge >= 0.3 is 12.0 Å². The van der Waals surface area contributed by atoms with Crippen molar-refractivity contribution in [3.05, 3.63) is 28.8 Å². The van der Waals surface area contributed by atoms with Crippen LogP contribution in [0.4, 0.5) is 4.79 Å². The minimum atomic E-state index is -1.05. The van der Waals surface area contributed by atoms with E-state index in [-0.39, 0.29) is 6.54 Å². The van der Waals surface area contributed by atoms with Crippen LogP contribution in [-0.2, 0) is 4.79 Å². The molecule has 7 heteroatoms. The fourth-order valence-corrected chi connectivity index (χ4v) is 1.36. The topological polar surface area (TPSA) is 87.7 Å². The monoisotopic (exact) mass is 300 g/mol. The largest absolute Gasteiger partial charge is 0.481 e. The fraction of sp³-hybridized carbons (Fsp3) is 0.385. The SMILES string of the molecule is Cc1ccc(Cl)cc1ONC(=O)NCC(C)(C)C(=O)O. The first-order valence-electron chi connectivity index (χ1n) is 5.92. The summed E-state index contributed by atoms with van der Waals surface area (Å²) < 4.78 is 0. The van der Waals surface area contributed by atoms with E-state index in [4.69, 9.17) is 21.5 Å². The zero-order valence-corrected chi connectivity index (χ0v) is 12.2. The van der Waals surface area contributed by atoms with Crippen molar-refractivity contribution < 1.29 is 19.5 Å². The molecule has 0 fully saturated rings. The van der Waals surface area contributed by atoms with Crippen LogP contribution in [0, 0.1) is 12.3 Å². The Morgan fingerprint density at radius 1 is 1.40 bits per heavy atom. The first-order valence-corrected chi connectivity index (χ1v) is 6.30. The maximum absolute atomic E-state index is 11.5. The van der Waals surface area contributed by atoms with E-state index < -0.39 is 17.4 Å². The molecular weight excluding hydrogens is 284 g/mol. The Balaban J connectivity index is 2.48. The molecule has 2 amide bonds. The Labute approximate surface area is 122 Å². The summed E-state index contributed by atoms with van der Waals surface area (Å²) in [4.78, 5) is 27.5. The van der Waals surface area contributed by atoms with Gasteiger partial charge in [-0.1, -0.05) is 17.7 Å². The van der Waals surface area contributed by atoms with Gasteiger partial charge in [0.2, 0.25) is 0 Å². The summed E-state index contributed by atoms with van der Waals surface area (Å²) >= 11 is 5.81. The van der Waals surface area contributed by atoms with Crippen LogP contribution in [-0.4, -0.2) is 23.7 Å². The maximum atomic E-state index is 11.5. The average molecular weight is 301 g/mol. The quantitative estimate of drug-likeness (QED) is 0.728. The summed E-state index contributed by atoms with van der Waals surface area (Å²) in [5.41, 5.74) is 1.93. The third kappa shape index (κ3) is 4.62. The number of carboxylic acids is 1. The Morgan fingerprint density at radius 3 is 2.65 bits per heavy atom. The van der Waals surface area contributed by atoms with Crippen LogP contribution in [0.1, 0.15) is 19.4 Å². The van der Waals surface area contributed by atoms with Gasteiger partial charge in [0.1, 0.15) is 0 Å². The molecule has 1 aromatic carbocycles. The highest BCUT2D eigenvalue weighted by molar-refractivity contribution is 6.30. The van der Waals surface area contributed by atoms with Gasteiger partial charge in [-0.3, -0.25) is 4.79 Å². The summed E-state index contributed by atoms with van der Waals surface area (Å²) in [6.45, 7) is 4.81. The molecule has 0 aliphatic carbocycles. The molecule has 1 aromatic rings. The van der Waals surface area contributed by atoms with E-state index >= 15 is 0 Å². The number of carbonyl (C=O) groups excluding carboxylic acids is 1. The molecule has 0 radical (unpaired) electrons. The van der Waals surface area contributed by atoms with Crippen molar-refractivity contribution in [3.8, 4) is 5.75 Å². The summed E-state index contributed by atoms with van der Waals surface area (Å²) in [6, 6.07) is 4.40. The first kappa shape index (κ1) is 16.1. The van der Waals surface area contributed by atoms with Gasteiger partial charge in [-0.05, 0) is 32.4 Å². The molecule has 0 aliphatic rings. The number of benzene rings is 1. The second kappa shape index (κ2) is 6.47. The minimum absolute atomic E-state index is 0.0218. The predicted octanol–water partition coefficient (Wildman–Crippen LogP) is 2.35. The zero-order chi connectivity index (χ0) is 15.3. The molecule has 0 aliphatic heterocycles. The van der Waals surface area contributed by atoms with E-state index in [1.165, 1.54) is 13.8 Å². The third-order valence-corrected chi connectivity index (χ3v) is 2.91. The second-order valence-electron chi connectivity index (χ2n) is 4.99. The number of aryl methyl sites for hydroxylation is 1. The summed E-state index contributed by atoms with van der Waals surface area (Å²) in [7, 11) is 0. The van der Waals surface area contributed by atoms with Crippen LogP contribution >= 0.6 is 11.6 Å². The highest BCUT2D eigenvalue weighted by atomic mass is 35.5. The van der Waals surface area contributed by atoms with Crippen LogP contribution in [0.5, 0.6) is 5.75 Å². The molecule has 0 bridgehead atoms. The van der Waals surface area contributed by atoms with Crippen LogP contribution in [0.2, 0.25) is 5.02 Å². The lowest BCUT2D eigenvalue weighted by molar-refractivity contribution is -0.146. The van der Waals surface area contributed by atoms with Gasteiger partial charge in [-0.15, -0.1) is 0 Å². The number of amides is 2. The number of nitrogens with one attached hydrogen (secondary N) is 2. The lowest BCUT2D eigenvalue weighted by Crippen LogP contribution is -2.44. The Bertz CT molecular complexity index is 517. The molecule has 0 unspecified atom stereocenters. The maximum Gasteiger partial charge on any atom is 0.347 e. The molecule has 0 heterocycles. The van der Waals surface area contributed by atoms with Crippen LogP contribution < -0.4 is 15.6 Å². The first-order chi connectivity index (χ1) is 9.22. The number of carbonyl (C=O) groups is 2. The number of aliphatic carboxylic acids is 1. The van der Waals surface area contributed by atoms with Gasteiger partial charge in [0.25, 0.3) is 0 Å². The van der Waals surface area contributed by atoms with E-state index in [0.29, 0.717) is 10.8 Å². The highest BCUT2D eigenvalue weighted by Crippen LogP contribution is 2.21. The molecule has 0 spiro atoms. The van der Waals surface area contributed by atoms with Gasteiger partial charge in [0, 0.05) is 17.6 Å². The molecule has 20 heavy (non-hydrogen) atoms. The Hall–Kier alpha value is -1.95. The lowest BCUT2D eigenvalue weighted by atomic mass is 9.94. The standard InChI is InChI=1S/C13H17ClN2O4/c1-8-4-5-9(14)6-10(8)20-16-12(19)15-7-13(2,3)11(17)18/h4-6H,7H2,1-3H3,(H,17,18)(H2,15,16,19). The Morgan fingerprint density at radius 2 is 2.05 bits per heavy atom. The van der Waals surface area contributed by atoms with Gasteiger partial charge in [0.15, 0.2) is 5.75 Å². The molecule has 1 rings (SSSR count). The fourth-order valence-electron chi connectivity index (χ4n) is 1.20. The van der Waals surface area contributed by atoms with E-state index in [0.717, 1.165) is 5.56 Å². The van der Waals surface area contributed by atoms with Crippen molar-refractivity contribution in [2.75, 3.05) is 6.54 Å². The van der Waals surface area contributed by atoms with Gasteiger partial charge in [0.05, 0.1) is 5.41 Å². The van der Waals surface area contributed by atoms with Crippen LogP contribution in [0.3, 0.4) is 0 Å². The van der Waals surface area contributed by atoms with Crippen LogP contribution in [0.25, 0.3) is 0 Å². The number of hydrogen-bond acceptors (Lipinski definition) is 3. The summed E-state index contributed by atoms with van der Waals surface area (Å²) in [5, 5.41) is 11.8. The van der Waals surface area contributed by atoms with Crippen molar-refractivity contribution in [2.45, 2.75) is 20.8 Å². The molecular formula is C13H17ClN2O4. The van der Waals surface area contributed by atoms with E-state index in [1.807, 2.05) is 0 Å². The molecule has 0 saturated heterocycles. The Kier molecular flexibility index (Phi) is 5.21. The minimum Gasteiger partial charge on any atom is -0.481 e. The molecule has 0 atom stereocenters. The summed E-state index contributed by atoms with van der Waals surface area (Å²) in [5.74, 6) is -0.574. The zero-order valence-electron chi connectivity index (χ0n) is 11.5. The van der Waals surface area contributed by atoms with Gasteiger partial charge in [-0.2, -0.15) is 5.48 Å². The molecule has 0 aromatic heterocycles. The van der Waals surface area contributed by atoms with Crippen molar-refractivity contribution in [1.29, 1.82) is 0 Å². The van der Waals surface area contributed by atoms with Gasteiger partial charge < -0.3 is 15.3 Å². The van der Waals surface area contributed by atoms with E-state index in [2.05, 4.69) is 10.8 Å². The predicted molar refractivity (Wildman–Crippen MR) is 74.8 cm³/mol. The van der Waals surface area contributed by atoms with Gasteiger partial charge in [-0.25, -0.2) is 4.79 Å². The number of halogens is 1. The van der Waals surface area contributed by atoms with Crippen molar-refractivity contribution in [3.63, 3.8) is 0 Å². The normalized spacial score (nSPS) is 10.8. The third-order valence-electron chi connectivity index (χ3n) is 2.67. The lowest BCUT2D eigenvalue weighted by Gasteiger charge is -2.19. The molecule has 0 saturated carbocycles. The number of hydrogen-bond donors (Lipinski definition) is 3. The number of carboxylic acid groups (broad SMARTS) is 1. The second-order valence-corrected chi connectivity index (χ2v) is 5.42.